The van der Waals surface area contributed by atoms with Gasteiger partial charge in [0, 0.05) is 37.3 Å². The predicted molar refractivity (Wildman–Crippen MR) is 120 cm³/mol. The zero-order valence-corrected chi connectivity index (χ0v) is 21.3. The Morgan fingerprint density at radius 2 is 1.59 bits per heavy atom. The molecule has 0 fully saturated rings. The van der Waals surface area contributed by atoms with Gasteiger partial charge in [-0.25, -0.2) is 0 Å². The molecule has 0 aliphatic heterocycles. The van der Waals surface area contributed by atoms with Gasteiger partial charge < -0.3 is 9.16 Å². The summed E-state index contributed by atoms with van der Waals surface area (Å²) in [5, 5.41) is 0. The van der Waals surface area contributed by atoms with Crippen molar-refractivity contribution < 1.29 is 35.4 Å². The molecule has 1 atom stereocenters. The van der Waals surface area contributed by atoms with E-state index in [1.54, 1.807) is 0 Å². The second-order valence-electron chi connectivity index (χ2n) is 8.44. The predicted octanol–water partition coefficient (Wildman–Crippen LogP) is 7.00. The Kier molecular flexibility index (Phi) is 6.67. The zero-order chi connectivity index (χ0) is 19.9. The zero-order valence-electron chi connectivity index (χ0n) is 17.9. The van der Waals surface area contributed by atoms with Crippen LogP contribution in [0.1, 0.15) is 37.0 Å². The third-order valence-corrected chi connectivity index (χ3v) is 6.17. The fourth-order valence-corrected chi connectivity index (χ4v) is 5.27. The molecule has 0 bridgehead atoms. The van der Waals surface area contributed by atoms with Crippen LogP contribution in [0.3, 0.4) is 0 Å². The summed E-state index contributed by atoms with van der Waals surface area (Å²) in [4.78, 5) is 0. The molecule has 0 amide bonds. The van der Waals surface area contributed by atoms with Crippen LogP contribution in [0, 0.1) is 0 Å². The maximum absolute atomic E-state index is 6.30. The van der Waals surface area contributed by atoms with Crippen molar-refractivity contribution in [2.45, 2.75) is 46.2 Å². The number of benzene rings is 2. The van der Waals surface area contributed by atoms with E-state index < -0.39 is 8.32 Å². The molecule has 0 saturated heterocycles. The molecule has 2 nitrogen and oxygen atoms in total. The first kappa shape index (κ1) is 22.2. The van der Waals surface area contributed by atoms with Gasteiger partial charge in [-0.2, -0.15) is 0 Å². The van der Waals surface area contributed by atoms with E-state index >= 15 is 0 Å². The topological polar surface area (TPSA) is 18.5 Å². The van der Waals surface area contributed by atoms with E-state index in [0.717, 1.165) is 12.2 Å². The van der Waals surface area contributed by atoms with Crippen LogP contribution in [0.25, 0.3) is 22.3 Å². The third-order valence-electron chi connectivity index (χ3n) is 5.13. The van der Waals surface area contributed by atoms with Crippen LogP contribution in [0.5, 0.6) is 0 Å². The van der Waals surface area contributed by atoms with Crippen LogP contribution >= 0.6 is 0 Å². The summed E-state index contributed by atoms with van der Waals surface area (Å²) < 4.78 is 12.4. The minimum atomic E-state index is -1.67. The molecule has 2 aliphatic rings. The largest absolute Gasteiger partial charge is 0.470 e. The number of ether oxygens (including phenoxy) is 1. The number of hydrogen-bond acceptors (Lipinski definition) is 2. The Morgan fingerprint density at radius 1 is 0.931 bits per heavy atom. The second-order valence-corrected chi connectivity index (χ2v) is 12.9. The summed E-state index contributed by atoms with van der Waals surface area (Å²) in [7, 11) is -1.67. The van der Waals surface area contributed by atoms with Crippen molar-refractivity contribution in [1.29, 1.82) is 0 Å². The van der Waals surface area contributed by atoms with E-state index in [1.807, 2.05) is 6.92 Å². The minimum Gasteiger partial charge on any atom is -0.470 e. The molecule has 4 heteroatoms. The first-order chi connectivity index (χ1) is 13.3. The molecule has 2 aliphatic carbocycles. The van der Waals surface area contributed by atoms with Gasteiger partial charge in [-0.05, 0) is 67.7 Å². The van der Waals surface area contributed by atoms with E-state index in [1.165, 1.54) is 39.0 Å². The van der Waals surface area contributed by atoms with Gasteiger partial charge >= 0.3 is 0 Å². The van der Waals surface area contributed by atoms with Gasteiger partial charge in [0.15, 0.2) is 14.6 Å². The Bertz CT molecular complexity index is 1010. The average Bonchev–Trinajstić information content (AvgIpc) is 3.26. The Morgan fingerprint density at radius 3 is 2.24 bits per heavy atom. The van der Waals surface area contributed by atoms with E-state index in [2.05, 4.69) is 87.3 Å². The van der Waals surface area contributed by atoms with Crippen molar-refractivity contribution in [3.05, 3.63) is 83.1 Å². The third kappa shape index (κ3) is 4.50. The van der Waals surface area contributed by atoms with Gasteiger partial charge in [0.05, 0.1) is 0 Å². The number of fused-ring (bicyclic) bond motifs is 3. The van der Waals surface area contributed by atoms with Crippen molar-refractivity contribution in [1.82, 2.24) is 0 Å². The molecule has 0 aromatic heterocycles. The molecule has 148 valence electrons. The minimum absolute atomic E-state index is 0. The fourth-order valence-electron chi connectivity index (χ4n) is 4.23. The Labute approximate surface area is 194 Å². The monoisotopic (exact) mass is 478 g/mol. The standard InChI is InChI=1S/C25H28O2Si.Zr/c1-17(26-18(2)27-28(3,4)5)24-22-14-9-8-13-21(22)23-16-10-15-20(25(23)24)19-11-6-7-12-19;/h6-11,13-16,18H,12H2,1-5H3;/b24-17-;. The maximum atomic E-state index is 6.30. The van der Waals surface area contributed by atoms with Crippen molar-refractivity contribution in [3.63, 3.8) is 0 Å². The smallest absolute Gasteiger partial charge is 0.188 e. The summed E-state index contributed by atoms with van der Waals surface area (Å²) in [5.41, 5.74) is 8.96. The van der Waals surface area contributed by atoms with Crippen LogP contribution in [-0.2, 0) is 35.4 Å². The van der Waals surface area contributed by atoms with E-state index in [-0.39, 0.29) is 32.5 Å². The van der Waals surface area contributed by atoms with Crippen molar-refractivity contribution in [3.8, 4) is 11.1 Å². The molecule has 0 heterocycles. The number of rotatable bonds is 5. The second kappa shape index (κ2) is 8.71. The Balaban J connectivity index is 0.00000240. The molecule has 2 aromatic carbocycles. The Hall–Kier alpha value is -1.48. The van der Waals surface area contributed by atoms with E-state index in [0.29, 0.717) is 0 Å². The number of hydrogen-bond donors (Lipinski definition) is 0. The summed E-state index contributed by atoms with van der Waals surface area (Å²) in [6.45, 7) is 10.6. The summed E-state index contributed by atoms with van der Waals surface area (Å²) in [5.74, 6) is 0.927. The maximum Gasteiger partial charge on any atom is 0.188 e. The summed E-state index contributed by atoms with van der Waals surface area (Å²) in [6.07, 6.45) is 7.31. The SMILES string of the molecule is C/C(OC(C)O[Si](C)(C)C)=C1\c2ccccc2-c2cccc(C3=CC=CC3)c21.[Zr]. The van der Waals surface area contributed by atoms with Crippen LogP contribution < -0.4 is 0 Å². The van der Waals surface area contributed by atoms with E-state index in [9.17, 15) is 0 Å². The van der Waals surface area contributed by atoms with Gasteiger partial charge in [-0.15, -0.1) is 0 Å². The van der Waals surface area contributed by atoms with E-state index in [4.69, 9.17) is 9.16 Å². The molecular formula is C25H28O2SiZr. The van der Waals surface area contributed by atoms with Crippen molar-refractivity contribution >= 4 is 19.5 Å². The van der Waals surface area contributed by atoms with Gasteiger partial charge in [0.2, 0.25) is 0 Å². The van der Waals surface area contributed by atoms with Crippen molar-refractivity contribution in [2.24, 2.45) is 0 Å². The quantitative estimate of drug-likeness (QED) is 0.223. The first-order valence-corrected chi connectivity index (χ1v) is 13.4. The molecular weight excluding hydrogens is 452 g/mol. The first-order valence-electron chi connectivity index (χ1n) is 10.00. The van der Waals surface area contributed by atoms with Crippen LogP contribution in [0.4, 0.5) is 0 Å². The van der Waals surface area contributed by atoms with Crippen LogP contribution in [0.2, 0.25) is 19.6 Å². The van der Waals surface area contributed by atoms with Gasteiger partial charge in [-0.3, -0.25) is 0 Å². The molecule has 2 aromatic rings. The average molecular weight is 480 g/mol. The van der Waals surface area contributed by atoms with Gasteiger partial charge in [0.1, 0.15) is 5.76 Å². The molecule has 0 spiro atoms. The van der Waals surface area contributed by atoms with Gasteiger partial charge in [-0.1, -0.05) is 60.7 Å². The number of allylic oxidation sites excluding steroid dienone is 5. The van der Waals surface area contributed by atoms with Gasteiger partial charge in [0.25, 0.3) is 0 Å². The molecule has 0 saturated carbocycles. The molecule has 0 N–H and O–H groups in total. The van der Waals surface area contributed by atoms with Crippen LogP contribution in [0.15, 0.2) is 66.5 Å². The molecule has 1 unspecified atom stereocenters. The van der Waals surface area contributed by atoms with Crippen molar-refractivity contribution in [2.75, 3.05) is 0 Å². The normalized spacial score (nSPS) is 17.2. The molecule has 4 rings (SSSR count). The van der Waals surface area contributed by atoms with Crippen LogP contribution in [-0.4, -0.2) is 14.6 Å². The fraction of sp³-hybridized carbons (Fsp3) is 0.280. The molecule has 0 radical (unpaired) electrons. The summed E-state index contributed by atoms with van der Waals surface area (Å²) >= 11 is 0. The molecule has 29 heavy (non-hydrogen) atoms. The summed E-state index contributed by atoms with van der Waals surface area (Å²) in [6, 6.07) is 15.3.